The zero-order chi connectivity index (χ0) is 19.1. The standard InChI is InChI=1S/C18H22N4O4S/c1-2-21-12-14(11-20-21)27(24,25)22-9-7-18(8-10-22)13-19-17(23)15-5-3-4-6-16(15)26-18/h3-6,11-12H,2,7-10,13H2,1H3,(H,19,23). The molecule has 1 saturated heterocycles. The fourth-order valence-electron chi connectivity index (χ4n) is 3.56. The van der Waals surface area contributed by atoms with E-state index in [1.165, 1.54) is 10.5 Å². The Balaban J connectivity index is 1.52. The highest BCUT2D eigenvalue weighted by Crippen LogP contribution is 2.34. The van der Waals surface area contributed by atoms with Crippen LogP contribution in [0.25, 0.3) is 0 Å². The molecule has 1 N–H and O–H groups in total. The molecule has 144 valence electrons. The zero-order valence-electron chi connectivity index (χ0n) is 15.1. The number of hydrogen-bond donors (Lipinski definition) is 1. The Kier molecular flexibility index (Phi) is 4.43. The Morgan fingerprint density at radius 2 is 2.00 bits per heavy atom. The lowest BCUT2D eigenvalue weighted by molar-refractivity contribution is 0.0246. The first-order chi connectivity index (χ1) is 12.9. The number of amides is 1. The van der Waals surface area contributed by atoms with Gasteiger partial charge in [-0.15, -0.1) is 0 Å². The minimum absolute atomic E-state index is 0.162. The molecule has 8 nitrogen and oxygen atoms in total. The summed E-state index contributed by atoms with van der Waals surface area (Å²) in [5.74, 6) is 0.387. The molecule has 1 aromatic carbocycles. The van der Waals surface area contributed by atoms with E-state index in [0.29, 0.717) is 50.3 Å². The van der Waals surface area contributed by atoms with E-state index in [9.17, 15) is 13.2 Å². The van der Waals surface area contributed by atoms with E-state index in [4.69, 9.17) is 4.74 Å². The van der Waals surface area contributed by atoms with Crippen molar-refractivity contribution in [2.45, 2.75) is 36.8 Å². The quantitative estimate of drug-likeness (QED) is 0.851. The van der Waals surface area contributed by atoms with Gasteiger partial charge in [0.15, 0.2) is 0 Å². The molecule has 0 saturated carbocycles. The van der Waals surface area contributed by atoms with Crippen LogP contribution in [0.15, 0.2) is 41.6 Å². The maximum Gasteiger partial charge on any atom is 0.255 e. The Hall–Kier alpha value is -2.39. The molecule has 27 heavy (non-hydrogen) atoms. The van der Waals surface area contributed by atoms with Gasteiger partial charge in [-0.3, -0.25) is 9.48 Å². The number of aryl methyl sites for hydroxylation is 1. The second kappa shape index (κ2) is 6.65. The van der Waals surface area contributed by atoms with Gasteiger partial charge in [-0.2, -0.15) is 9.40 Å². The number of sulfonamides is 1. The minimum atomic E-state index is -3.58. The summed E-state index contributed by atoms with van der Waals surface area (Å²) in [5.41, 5.74) is -0.0848. The summed E-state index contributed by atoms with van der Waals surface area (Å²) in [6.07, 6.45) is 3.95. The number of ether oxygens (including phenoxy) is 1. The van der Waals surface area contributed by atoms with Gasteiger partial charge in [-0.05, 0) is 19.1 Å². The van der Waals surface area contributed by atoms with Gasteiger partial charge in [0.25, 0.3) is 5.91 Å². The lowest BCUT2D eigenvalue weighted by Gasteiger charge is -2.40. The van der Waals surface area contributed by atoms with Gasteiger partial charge in [0.05, 0.1) is 18.3 Å². The monoisotopic (exact) mass is 390 g/mol. The predicted octanol–water partition coefficient (Wildman–Crippen LogP) is 1.25. The van der Waals surface area contributed by atoms with Crippen LogP contribution in [0.5, 0.6) is 5.75 Å². The second-order valence-electron chi connectivity index (χ2n) is 6.90. The van der Waals surface area contributed by atoms with Crippen LogP contribution in [0.1, 0.15) is 30.1 Å². The van der Waals surface area contributed by atoms with Crippen molar-refractivity contribution in [3.05, 3.63) is 42.2 Å². The van der Waals surface area contributed by atoms with Crippen molar-refractivity contribution in [1.82, 2.24) is 19.4 Å². The average molecular weight is 390 g/mol. The fourth-order valence-corrected chi connectivity index (χ4v) is 4.96. The van der Waals surface area contributed by atoms with Crippen molar-refractivity contribution >= 4 is 15.9 Å². The lowest BCUT2D eigenvalue weighted by Crippen LogP contribution is -2.54. The van der Waals surface area contributed by atoms with E-state index in [1.807, 2.05) is 13.0 Å². The first-order valence-corrected chi connectivity index (χ1v) is 10.5. The molecule has 9 heteroatoms. The number of rotatable bonds is 3. The smallest absolute Gasteiger partial charge is 0.255 e. The SMILES string of the molecule is CCn1cc(S(=O)(=O)N2CCC3(CC2)CNC(=O)c2ccccc2O3)cn1. The average Bonchev–Trinajstić information content (AvgIpc) is 3.12. The van der Waals surface area contributed by atoms with Gasteiger partial charge < -0.3 is 10.1 Å². The van der Waals surface area contributed by atoms with E-state index >= 15 is 0 Å². The van der Waals surface area contributed by atoms with Crippen molar-refractivity contribution in [2.24, 2.45) is 0 Å². The van der Waals surface area contributed by atoms with Crippen LogP contribution in [0.3, 0.4) is 0 Å². The summed E-state index contributed by atoms with van der Waals surface area (Å²) < 4.78 is 35.0. The largest absolute Gasteiger partial charge is 0.485 e. The Labute approximate surface area is 158 Å². The summed E-state index contributed by atoms with van der Waals surface area (Å²) >= 11 is 0. The van der Waals surface area contributed by atoms with Gasteiger partial charge in [-0.1, -0.05) is 12.1 Å². The number of nitrogens with zero attached hydrogens (tertiary/aromatic N) is 3. The number of carbonyl (C=O) groups is 1. The molecule has 1 spiro atoms. The molecule has 3 heterocycles. The number of carbonyl (C=O) groups excluding carboxylic acids is 1. The first kappa shape index (κ1) is 18.0. The third-order valence-electron chi connectivity index (χ3n) is 5.23. The van der Waals surface area contributed by atoms with Crippen LogP contribution in [-0.4, -0.2) is 53.6 Å². The highest BCUT2D eigenvalue weighted by atomic mass is 32.2. The van der Waals surface area contributed by atoms with E-state index in [-0.39, 0.29) is 10.8 Å². The van der Waals surface area contributed by atoms with Crippen LogP contribution in [0, 0.1) is 0 Å². The molecule has 0 unspecified atom stereocenters. The van der Waals surface area contributed by atoms with Crippen molar-refractivity contribution < 1.29 is 17.9 Å². The summed E-state index contributed by atoms with van der Waals surface area (Å²) in [6.45, 7) is 3.55. The van der Waals surface area contributed by atoms with Gasteiger partial charge >= 0.3 is 0 Å². The molecule has 1 fully saturated rings. The van der Waals surface area contributed by atoms with Crippen LogP contribution in [0.2, 0.25) is 0 Å². The highest BCUT2D eigenvalue weighted by Gasteiger charge is 2.42. The number of fused-ring (bicyclic) bond motifs is 1. The summed E-state index contributed by atoms with van der Waals surface area (Å²) in [6, 6.07) is 7.14. The zero-order valence-corrected chi connectivity index (χ0v) is 15.9. The normalized spacial score (nSPS) is 19.8. The molecular weight excluding hydrogens is 368 g/mol. The van der Waals surface area contributed by atoms with Crippen LogP contribution < -0.4 is 10.1 Å². The molecule has 1 aromatic heterocycles. The maximum atomic E-state index is 12.9. The van der Waals surface area contributed by atoms with Gasteiger partial charge in [-0.25, -0.2) is 8.42 Å². The van der Waals surface area contributed by atoms with E-state index in [2.05, 4.69) is 10.4 Å². The fraction of sp³-hybridized carbons (Fsp3) is 0.444. The molecule has 2 aromatic rings. The van der Waals surface area contributed by atoms with Crippen molar-refractivity contribution in [1.29, 1.82) is 0 Å². The number of aromatic nitrogens is 2. The van der Waals surface area contributed by atoms with Crippen molar-refractivity contribution in [3.8, 4) is 5.75 Å². The number of hydrogen-bond acceptors (Lipinski definition) is 5. The number of nitrogens with one attached hydrogen (secondary N) is 1. The Morgan fingerprint density at radius 1 is 1.26 bits per heavy atom. The molecule has 0 atom stereocenters. The molecule has 1 amide bonds. The van der Waals surface area contributed by atoms with E-state index < -0.39 is 15.6 Å². The summed E-state index contributed by atoms with van der Waals surface area (Å²) in [4.78, 5) is 12.5. The van der Waals surface area contributed by atoms with Crippen LogP contribution in [-0.2, 0) is 16.6 Å². The Morgan fingerprint density at radius 3 is 2.70 bits per heavy atom. The molecular formula is C18H22N4O4S. The third kappa shape index (κ3) is 3.21. The molecule has 4 rings (SSSR count). The predicted molar refractivity (Wildman–Crippen MR) is 98.0 cm³/mol. The van der Waals surface area contributed by atoms with Gasteiger partial charge in [0.2, 0.25) is 10.0 Å². The van der Waals surface area contributed by atoms with Crippen molar-refractivity contribution in [2.75, 3.05) is 19.6 Å². The molecule has 0 bridgehead atoms. The number of benzene rings is 1. The minimum Gasteiger partial charge on any atom is -0.485 e. The summed E-state index contributed by atoms with van der Waals surface area (Å²) in [5, 5.41) is 6.98. The molecule has 0 aliphatic carbocycles. The Bertz CT molecular complexity index is 961. The number of para-hydroxylation sites is 1. The lowest BCUT2D eigenvalue weighted by atomic mass is 9.92. The van der Waals surface area contributed by atoms with Crippen molar-refractivity contribution in [3.63, 3.8) is 0 Å². The highest BCUT2D eigenvalue weighted by molar-refractivity contribution is 7.89. The topological polar surface area (TPSA) is 93.5 Å². The third-order valence-corrected chi connectivity index (χ3v) is 7.09. The molecule has 0 radical (unpaired) electrons. The summed E-state index contributed by atoms with van der Waals surface area (Å²) in [7, 11) is -3.58. The molecule has 2 aliphatic rings. The van der Waals surface area contributed by atoms with E-state index in [1.54, 1.807) is 29.1 Å². The molecule has 2 aliphatic heterocycles. The first-order valence-electron chi connectivity index (χ1n) is 9.02. The second-order valence-corrected chi connectivity index (χ2v) is 8.84. The van der Waals surface area contributed by atoms with Crippen LogP contribution >= 0.6 is 0 Å². The van der Waals surface area contributed by atoms with Crippen LogP contribution in [0.4, 0.5) is 0 Å². The van der Waals surface area contributed by atoms with E-state index in [0.717, 1.165) is 0 Å². The maximum absolute atomic E-state index is 12.9. The number of piperidine rings is 1. The van der Waals surface area contributed by atoms with Gasteiger partial charge in [0, 0.05) is 38.7 Å². The van der Waals surface area contributed by atoms with Gasteiger partial charge in [0.1, 0.15) is 16.2 Å².